The van der Waals surface area contributed by atoms with Crippen molar-refractivity contribution in [1.29, 1.82) is 0 Å². The van der Waals surface area contributed by atoms with E-state index in [2.05, 4.69) is 41.3 Å². The number of aromatic amines is 1. The second-order valence-corrected chi connectivity index (χ2v) is 9.32. The number of piperidine rings is 1. The van der Waals surface area contributed by atoms with Gasteiger partial charge in [0, 0.05) is 31.9 Å². The molecule has 1 aliphatic heterocycles. The van der Waals surface area contributed by atoms with Crippen molar-refractivity contribution >= 4 is 55.9 Å². The van der Waals surface area contributed by atoms with Crippen molar-refractivity contribution in [3.63, 3.8) is 0 Å². The predicted molar refractivity (Wildman–Crippen MR) is 120 cm³/mol. The zero-order valence-electron chi connectivity index (χ0n) is 16.6. The number of nitrogens with one attached hydrogen (secondary N) is 2. The van der Waals surface area contributed by atoms with E-state index in [1.165, 1.54) is 11.0 Å². The minimum Gasteiger partial charge on any atom is -0.477 e. The number of rotatable bonds is 5. The van der Waals surface area contributed by atoms with E-state index in [0.29, 0.717) is 57.8 Å². The summed E-state index contributed by atoms with van der Waals surface area (Å²) in [6.45, 7) is 3.10. The summed E-state index contributed by atoms with van der Waals surface area (Å²) in [6.07, 6.45) is 2.77. The number of halogens is 2. The summed E-state index contributed by atoms with van der Waals surface area (Å²) in [6, 6.07) is -0.0145. The highest BCUT2D eigenvalue weighted by Gasteiger charge is 2.28. The largest absolute Gasteiger partial charge is 0.477 e. The summed E-state index contributed by atoms with van der Waals surface area (Å²) in [5, 5.41) is 17.6. The Morgan fingerprint density at radius 1 is 1.39 bits per heavy atom. The molecule has 10 nitrogen and oxygen atoms in total. The van der Waals surface area contributed by atoms with E-state index in [9.17, 15) is 14.7 Å². The highest BCUT2D eigenvalue weighted by atomic mass is 79.9. The summed E-state index contributed by atoms with van der Waals surface area (Å²) in [5.74, 6) is -0.885. The Morgan fingerprint density at radius 2 is 2.10 bits per heavy atom. The Kier molecular flexibility index (Phi) is 6.04. The molecule has 1 amide bonds. The van der Waals surface area contributed by atoms with Gasteiger partial charge >= 0.3 is 5.97 Å². The van der Waals surface area contributed by atoms with Crippen molar-refractivity contribution in [3.05, 3.63) is 32.1 Å². The number of anilines is 1. The van der Waals surface area contributed by atoms with Gasteiger partial charge in [-0.3, -0.25) is 4.79 Å². The molecule has 1 fully saturated rings. The topological polar surface area (TPSA) is 129 Å². The molecule has 0 bridgehead atoms. The van der Waals surface area contributed by atoms with Crippen LogP contribution in [0.1, 0.15) is 38.7 Å². The number of H-pyrrole nitrogens is 1. The van der Waals surface area contributed by atoms with Gasteiger partial charge < -0.3 is 20.3 Å². The monoisotopic (exact) mass is 527 g/mol. The fraction of sp³-hybridized carbons (Fsp3) is 0.389. The maximum atomic E-state index is 12.6. The first kappa shape index (κ1) is 21.8. The third-order valence-electron chi connectivity index (χ3n) is 5.11. The van der Waals surface area contributed by atoms with Crippen LogP contribution in [0.2, 0.25) is 5.02 Å². The first-order valence-corrected chi connectivity index (χ1v) is 11.4. The van der Waals surface area contributed by atoms with Crippen LogP contribution in [0.4, 0.5) is 5.13 Å². The fourth-order valence-corrected chi connectivity index (χ4v) is 4.98. The summed E-state index contributed by atoms with van der Waals surface area (Å²) >= 11 is 10.7. The molecule has 0 radical (unpaired) electrons. The molecule has 0 atom stereocenters. The standard InChI is InChI=1S/C18H19BrClN7O3S/c1-8-10(19)11(20)12(23-8)16(28)24-9-3-5-27(6-4-9)18-25-13(14(31-18)17(29)30)15-21-7-22-26(15)2/h7,9,23H,3-6H2,1-2H3,(H,24,28)(H,29,30). The van der Waals surface area contributed by atoms with Gasteiger partial charge in [-0.15, -0.1) is 0 Å². The molecule has 0 spiro atoms. The van der Waals surface area contributed by atoms with Crippen molar-refractivity contribution in [2.24, 2.45) is 7.05 Å². The zero-order valence-corrected chi connectivity index (χ0v) is 19.8. The van der Waals surface area contributed by atoms with Gasteiger partial charge in [0.05, 0.1) is 9.50 Å². The second-order valence-electron chi connectivity index (χ2n) is 7.17. The van der Waals surface area contributed by atoms with E-state index in [-0.39, 0.29) is 16.8 Å². The summed E-state index contributed by atoms with van der Waals surface area (Å²) in [7, 11) is 1.69. The quantitative estimate of drug-likeness (QED) is 0.464. The molecule has 164 valence electrons. The average Bonchev–Trinajstić information content (AvgIpc) is 3.43. The third-order valence-corrected chi connectivity index (χ3v) is 7.82. The number of carboxylic acid groups (broad SMARTS) is 1. The summed E-state index contributed by atoms with van der Waals surface area (Å²) in [5.41, 5.74) is 1.44. The fourth-order valence-electron chi connectivity index (χ4n) is 3.45. The molecule has 0 aliphatic carbocycles. The van der Waals surface area contributed by atoms with Crippen molar-refractivity contribution in [1.82, 2.24) is 30.0 Å². The first-order valence-electron chi connectivity index (χ1n) is 9.44. The Bertz CT molecular complexity index is 1150. The smallest absolute Gasteiger partial charge is 0.348 e. The van der Waals surface area contributed by atoms with Crippen LogP contribution < -0.4 is 10.2 Å². The molecule has 3 aromatic heterocycles. The van der Waals surface area contributed by atoms with Gasteiger partial charge in [-0.05, 0) is 35.7 Å². The van der Waals surface area contributed by atoms with Crippen LogP contribution in [-0.2, 0) is 7.05 Å². The Labute approximate surface area is 194 Å². The second kappa shape index (κ2) is 8.60. The molecule has 1 saturated heterocycles. The number of nitrogens with zero attached hydrogens (tertiary/aromatic N) is 5. The SMILES string of the molecule is Cc1[nH]c(C(=O)NC2CCN(c3nc(-c4ncnn4C)c(C(=O)O)s3)CC2)c(Cl)c1Br. The summed E-state index contributed by atoms with van der Waals surface area (Å²) in [4.78, 5) is 38.1. The molecule has 31 heavy (non-hydrogen) atoms. The van der Waals surface area contributed by atoms with Crippen molar-refractivity contribution in [2.75, 3.05) is 18.0 Å². The number of aryl methyl sites for hydroxylation is 2. The lowest BCUT2D eigenvalue weighted by Gasteiger charge is -2.32. The minimum atomic E-state index is -1.05. The van der Waals surface area contributed by atoms with Crippen LogP contribution in [0.3, 0.4) is 0 Å². The lowest BCUT2D eigenvalue weighted by molar-refractivity contribution is 0.0702. The van der Waals surface area contributed by atoms with E-state index in [1.54, 1.807) is 7.05 Å². The molecule has 13 heteroatoms. The number of carbonyl (C=O) groups excluding carboxylic acids is 1. The Morgan fingerprint density at radius 3 is 2.65 bits per heavy atom. The lowest BCUT2D eigenvalue weighted by atomic mass is 10.1. The van der Waals surface area contributed by atoms with Crippen molar-refractivity contribution < 1.29 is 14.7 Å². The molecule has 3 aromatic rings. The van der Waals surface area contributed by atoms with Gasteiger partial charge in [0.15, 0.2) is 11.0 Å². The van der Waals surface area contributed by atoms with E-state index in [4.69, 9.17) is 11.6 Å². The molecular formula is C18H19BrClN7O3S. The number of hydrogen-bond acceptors (Lipinski definition) is 7. The van der Waals surface area contributed by atoms with E-state index in [1.807, 2.05) is 11.8 Å². The molecule has 0 aromatic carbocycles. The average molecular weight is 529 g/mol. The van der Waals surface area contributed by atoms with Gasteiger partial charge in [0.25, 0.3) is 5.91 Å². The van der Waals surface area contributed by atoms with Gasteiger partial charge in [0.1, 0.15) is 22.6 Å². The number of carbonyl (C=O) groups is 2. The molecular weight excluding hydrogens is 510 g/mol. The predicted octanol–water partition coefficient (Wildman–Crippen LogP) is 3.09. The minimum absolute atomic E-state index is 0.0145. The van der Waals surface area contributed by atoms with Crippen LogP contribution in [0.25, 0.3) is 11.5 Å². The maximum Gasteiger partial charge on any atom is 0.348 e. The highest BCUT2D eigenvalue weighted by Crippen LogP contribution is 2.34. The number of hydrogen-bond donors (Lipinski definition) is 3. The molecule has 4 rings (SSSR count). The first-order chi connectivity index (χ1) is 14.8. The van der Waals surface area contributed by atoms with Crippen LogP contribution in [0.15, 0.2) is 10.8 Å². The maximum absolute atomic E-state index is 12.6. The molecule has 4 heterocycles. The number of aromatic carboxylic acids is 1. The highest BCUT2D eigenvalue weighted by molar-refractivity contribution is 9.10. The number of carboxylic acids is 1. The van der Waals surface area contributed by atoms with Crippen LogP contribution in [0, 0.1) is 6.92 Å². The molecule has 1 aliphatic rings. The number of thiazole rings is 1. The molecule has 0 saturated carbocycles. The molecule has 0 unspecified atom stereocenters. The summed E-state index contributed by atoms with van der Waals surface area (Å²) < 4.78 is 2.18. The van der Waals surface area contributed by atoms with Crippen LogP contribution in [0.5, 0.6) is 0 Å². The Balaban J connectivity index is 1.44. The van der Waals surface area contributed by atoms with Crippen molar-refractivity contribution in [2.45, 2.75) is 25.8 Å². The number of aromatic nitrogens is 5. The van der Waals surface area contributed by atoms with Gasteiger partial charge in [-0.2, -0.15) is 5.10 Å². The van der Waals surface area contributed by atoms with Gasteiger partial charge in [-0.25, -0.2) is 19.4 Å². The number of amides is 1. The van der Waals surface area contributed by atoms with Crippen molar-refractivity contribution in [3.8, 4) is 11.5 Å². The van der Waals surface area contributed by atoms with Gasteiger partial charge in [-0.1, -0.05) is 22.9 Å². The molecule has 3 N–H and O–H groups in total. The zero-order chi connectivity index (χ0) is 22.3. The van der Waals surface area contributed by atoms with E-state index in [0.717, 1.165) is 17.0 Å². The van der Waals surface area contributed by atoms with Gasteiger partial charge in [0.2, 0.25) is 0 Å². The van der Waals surface area contributed by atoms with E-state index < -0.39 is 5.97 Å². The lowest BCUT2D eigenvalue weighted by Crippen LogP contribution is -2.44. The normalized spacial score (nSPS) is 14.8. The van der Waals surface area contributed by atoms with Crippen LogP contribution in [-0.4, -0.2) is 60.8 Å². The Hall–Kier alpha value is -2.44. The van der Waals surface area contributed by atoms with E-state index >= 15 is 0 Å². The van der Waals surface area contributed by atoms with Crippen LogP contribution >= 0.6 is 38.9 Å². The third kappa shape index (κ3) is 4.19.